The van der Waals surface area contributed by atoms with Gasteiger partial charge in [0, 0.05) is 25.7 Å². The molecule has 0 bridgehead atoms. The Morgan fingerprint density at radius 1 is 1.27 bits per heavy atom. The molecular formula is C20H30N2O3S. The minimum absolute atomic E-state index is 0.143. The number of hydrogen-bond donors (Lipinski definition) is 1. The predicted molar refractivity (Wildman–Crippen MR) is 105 cm³/mol. The van der Waals surface area contributed by atoms with E-state index >= 15 is 0 Å². The van der Waals surface area contributed by atoms with E-state index in [1.165, 1.54) is 30.5 Å². The monoisotopic (exact) mass is 378 g/mol. The molecule has 0 atom stereocenters. The second kappa shape index (κ2) is 9.88. The maximum absolute atomic E-state index is 12.5. The molecule has 0 saturated heterocycles. The van der Waals surface area contributed by atoms with Crippen LogP contribution in [0.1, 0.15) is 62.2 Å². The van der Waals surface area contributed by atoms with Crippen LogP contribution in [0, 0.1) is 0 Å². The van der Waals surface area contributed by atoms with E-state index in [0.29, 0.717) is 18.7 Å². The molecule has 1 aromatic carbocycles. The highest BCUT2D eigenvalue weighted by Crippen LogP contribution is 2.20. The Bertz CT molecular complexity index is 741. The third kappa shape index (κ3) is 5.95. The van der Waals surface area contributed by atoms with Crippen LogP contribution < -0.4 is 4.72 Å². The highest BCUT2D eigenvalue weighted by Gasteiger charge is 2.18. The first-order valence-electron chi connectivity index (χ1n) is 9.47. The lowest BCUT2D eigenvalue weighted by molar-refractivity contribution is 0.0793. The first-order chi connectivity index (χ1) is 12.4. The average Bonchev–Trinajstić information content (AvgIpc) is 2.66. The van der Waals surface area contributed by atoms with Gasteiger partial charge in [-0.05, 0) is 56.7 Å². The zero-order valence-electron chi connectivity index (χ0n) is 15.8. The number of allylic oxidation sites excluding steroid dienone is 1. The second-order valence-corrected chi connectivity index (χ2v) is 8.63. The van der Waals surface area contributed by atoms with Crippen LogP contribution in [-0.4, -0.2) is 39.4 Å². The summed E-state index contributed by atoms with van der Waals surface area (Å²) in [5.74, 6) is -0.150. The third-order valence-electron chi connectivity index (χ3n) is 4.71. The molecular weight excluding hydrogens is 348 g/mol. The lowest BCUT2D eigenvalue weighted by Gasteiger charge is -2.17. The number of sulfonamides is 1. The fourth-order valence-electron chi connectivity index (χ4n) is 3.07. The number of carbonyl (C=O) groups is 1. The van der Waals surface area contributed by atoms with Crippen molar-refractivity contribution < 1.29 is 13.2 Å². The fraction of sp³-hybridized carbons (Fsp3) is 0.550. The van der Waals surface area contributed by atoms with Crippen LogP contribution in [0.5, 0.6) is 0 Å². The summed E-state index contributed by atoms with van der Waals surface area (Å²) in [7, 11) is -1.86. The summed E-state index contributed by atoms with van der Waals surface area (Å²) in [4.78, 5) is 14.2. The molecule has 2 rings (SSSR count). The molecule has 5 nitrogen and oxygen atoms in total. The standard InChI is InChI=1S/C20H30N2O3S/c1-3-4-15-22(2)20(23)18-11-8-12-19(16-18)26(24,25)21-14-13-17-9-6-5-7-10-17/h8-9,11-12,16,21H,3-7,10,13-15H2,1-2H3. The van der Waals surface area contributed by atoms with Crippen molar-refractivity contribution in [3.63, 3.8) is 0 Å². The molecule has 1 aromatic rings. The molecule has 0 radical (unpaired) electrons. The summed E-state index contributed by atoms with van der Waals surface area (Å²) in [6.45, 7) is 3.13. The minimum Gasteiger partial charge on any atom is -0.342 e. The third-order valence-corrected chi connectivity index (χ3v) is 6.17. The Hall–Kier alpha value is -1.66. The molecule has 0 aromatic heterocycles. The number of rotatable bonds is 9. The van der Waals surface area contributed by atoms with Gasteiger partial charge in [0.15, 0.2) is 0 Å². The van der Waals surface area contributed by atoms with Crippen LogP contribution in [0.25, 0.3) is 0 Å². The van der Waals surface area contributed by atoms with Gasteiger partial charge in [0.2, 0.25) is 10.0 Å². The summed E-state index contributed by atoms with van der Waals surface area (Å²) >= 11 is 0. The van der Waals surface area contributed by atoms with Crippen molar-refractivity contribution in [2.45, 2.75) is 56.8 Å². The van der Waals surface area contributed by atoms with Gasteiger partial charge in [0.05, 0.1) is 4.90 Å². The van der Waals surface area contributed by atoms with E-state index in [1.54, 1.807) is 24.1 Å². The van der Waals surface area contributed by atoms with Crippen LogP contribution in [0.3, 0.4) is 0 Å². The molecule has 0 aliphatic heterocycles. The van der Waals surface area contributed by atoms with Gasteiger partial charge in [0.25, 0.3) is 5.91 Å². The molecule has 0 spiro atoms. The smallest absolute Gasteiger partial charge is 0.253 e. The molecule has 1 aliphatic rings. The van der Waals surface area contributed by atoms with Crippen LogP contribution in [0.2, 0.25) is 0 Å². The van der Waals surface area contributed by atoms with Crippen molar-refractivity contribution in [2.75, 3.05) is 20.1 Å². The van der Waals surface area contributed by atoms with Crippen molar-refractivity contribution in [1.29, 1.82) is 0 Å². The summed E-state index contributed by atoms with van der Waals surface area (Å²) in [5.41, 5.74) is 1.74. The summed E-state index contributed by atoms with van der Waals surface area (Å²) < 4.78 is 27.7. The van der Waals surface area contributed by atoms with E-state index in [1.807, 2.05) is 0 Å². The molecule has 0 unspecified atom stereocenters. The lowest BCUT2D eigenvalue weighted by Crippen LogP contribution is -2.28. The highest BCUT2D eigenvalue weighted by molar-refractivity contribution is 7.89. The van der Waals surface area contributed by atoms with Gasteiger partial charge in [-0.2, -0.15) is 0 Å². The minimum atomic E-state index is -3.61. The summed E-state index contributed by atoms with van der Waals surface area (Å²) in [6.07, 6.45) is 9.48. The summed E-state index contributed by atoms with van der Waals surface area (Å²) in [5, 5.41) is 0. The quantitative estimate of drug-likeness (QED) is 0.666. The van der Waals surface area contributed by atoms with Crippen molar-refractivity contribution in [3.05, 3.63) is 41.5 Å². The van der Waals surface area contributed by atoms with Gasteiger partial charge >= 0.3 is 0 Å². The molecule has 26 heavy (non-hydrogen) atoms. The fourth-order valence-corrected chi connectivity index (χ4v) is 4.15. The van der Waals surface area contributed by atoms with Crippen molar-refractivity contribution >= 4 is 15.9 Å². The molecule has 1 aliphatic carbocycles. The first-order valence-corrected chi connectivity index (χ1v) is 11.0. The Labute approximate surface area is 157 Å². The first kappa shape index (κ1) is 20.6. The zero-order chi connectivity index (χ0) is 19.0. The van der Waals surface area contributed by atoms with Gasteiger partial charge in [-0.3, -0.25) is 4.79 Å². The van der Waals surface area contributed by atoms with E-state index in [2.05, 4.69) is 17.7 Å². The second-order valence-electron chi connectivity index (χ2n) is 6.86. The highest BCUT2D eigenvalue weighted by atomic mass is 32.2. The van der Waals surface area contributed by atoms with Crippen LogP contribution in [-0.2, 0) is 10.0 Å². The number of benzene rings is 1. The zero-order valence-corrected chi connectivity index (χ0v) is 16.6. The van der Waals surface area contributed by atoms with Gasteiger partial charge in [-0.15, -0.1) is 0 Å². The molecule has 6 heteroatoms. The Balaban J connectivity index is 2.00. The number of hydrogen-bond acceptors (Lipinski definition) is 3. The molecule has 1 N–H and O–H groups in total. The summed E-state index contributed by atoms with van der Waals surface area (Å²) in [6, 6.07) is 6.29. The van der Waals surface area contributed by atoms with E-state index < -0.39 is 10.0 Å². The maximum atomic E-state index is 12.5. The number of nitrogens with one attached hydrogen (secondary N) is 1. The Morgan fingerprint density at radius 3 is 2.77 bits per heavy atom. The van der Waals surface area contributed by atoms with E-state index in [4.69, 9.17) is 0 Å². The van der Waals surface area contributed by atoms with Crippen LogP contribution in [0.4, 0.5) is 0 Å². The van der Waals surface area contributed by atoms with Crippen LogP contribution in [0.15, 0.2) is 40.8 Å². The molecule has 1 amide bonds. The van der Waals surface area contributed by atoms with Crippen LogP contribution >= 0.6 is 0 Å². The largest absolute Gasteiger partial charge is 0.342 e. The lowest BCUT2D eigenvalue weighted by atomic mass is 9.97. The normalized spacial score (nSPS) is 14.8. The SMILES string of the molecule is CCCCN(C)C(=O)c1cccc(S(=O)(=O)NCCC2=CCCCC2)c1. The predicted octanol–water partition coefficient (Wildman–Crippen LogP) is 3.73. The van der Waals surface area contributed by atoms with Gasteiger partial charge in [-0.25, -0.2) is 13.1 Å². The Kier molecular flexibility index (Phi) is 7.85. The average molecular weight is 379 g/mol. The van der Waals surface area contributed by atoms with Gasteiger partial charge in [-0.1, -0.05) is 31.1 Å². The topological polar surface area (TPSA) is 66.5 Å². The van der Waals surface area contributed by atoms with E-state index in [-0.39, 0.29) is 10.8 Å². The number of unbranched alkanes of at least 4 members (excludes halogenated alkanes) is 1. The van der Waals surface area contributed by atoms with Crippen molar-refractivity contribution in [1.82, 2.24) is 9.62 Å². The number of nitrogens with zero attached hydrogens (tertiary/aromatic N) is 1. The molecule has 0 saturated carbocycles. The van der Waals surface area contributed by atoms with Gasteiger partial charge < -0.3 is 4.90 Å². The molecule has 144 valence electrons. The Morgan fingerprint density at radius 2 is 2.08 bits per heavy atom. The van der Waals surface area contributed by atoms with E-state index in [9.17, 15) is 13.2 Å². The van der Waals surface area contributed by atoms with Crippen molar-refractivity contribution in [2.24, 2.45) is 0 Å². The maximum Gasteiger partial charge on any atom is 0.253 e. The molecule has 0 fully saturated rings. The van der Waals surface area contributed by atoms with Crippen molar-refractivity contribution in [3.8, 4) is 0 Å². The number of carbonyl (C=O) groups excluding carboxylic acids is 1. The molecule has 0 heterocycles. The van der Waals surface area contributed by atoms with E-state index in [0.717, 1.165) is 32.1 Å². The van der Waals surface area contributed by atoms with Gasteiger partial charge in [0.1, 0.15) is 0 Å². The number of amides is 1.